The van der Waals surface area contributed by atoms with Crippen LogP contribution in [-0.2, 0) is 0 Å². The van der Waals surface area contributed by atoms with E-state index < -0.39 is 0 Å². The summed E-state index contributed by atoms with van der Waals surface area (Å²) in [5, 5.41) is 10.9. The number of anilines is 2. The molecule has 128 valence electrons. The third-order valence-electron chi connectivity index (χ3n) is 4.45. The van der Waals surface area contributed by atoms with Gasteiger partial charge in [-0.3, -0.25) is 0 Å². The van der Waals surface area contributed by atoms with E-state index in [1.54, 1.807) is 0 Å². The summed E-state index contributed by atoms with van der Waals surface area (Å²) in [6, 6.07) is 0. The van der Waals surface area contributed by atoms with E-state index in [1.807, 2.05) is 12.2 Å². The van der Waals surface area contributed by atoms with Crippen molar-refractivity contribution in [1.82, 2.24) is 14.9 Å². The van der Waals surface area contributed by atoms with Crippen LogP contribution in [0.4, 0.5) is 16.0 Å². The predicted molar refractivity (Wildman–Crippen MR) is 94.6 cm³/mol. The third kappa shape index (κ3) is 3.62. The number of hydrogen-bond donors (Lipinski definition) is 2. The molecule has 2 aliphatic rings. The summed E-state index contributed by atoms with van der Waals surface area (Å²) >= 11 is 0. The molecule has 1 aliphatic heterocycles. The Morgan fingerprint density at radius 3 is 2.79 bits per heavy atom. The van der Waals surface area contributed by atoms with Crippen LogP contribution in [0.15, 0.2) is 29.9 Å². The Bertz CT molecular complexity index is 661. The fourth-order valence-electron chi connectivity index (χ4n) is 2.95. The Hall–Kier alpha value is -2.28. The highest BCUT2D eigenvalue weighted by molar-refractivity contribution is 5.91. The molecule has 0 radical (unpaired) electrons. The average Bonchev–Trinajstić information content (AvgIpc) is 2.61. The lowest BCUT2D eigenvalue weighted by molar-refractivity contribution is 0.312. The molecule has 0 aromatic carbocycles. The van der Waals surface area contributed by atoms with E-state index in [0.29, 0.717) is 29.9 Å². The van der Waals surface area contributed by atoms with Crippen molar-refractivity contribution in [2.75, 3.05) is 50.0 Å². The third-order valence-corrected chi connectivity index (χ3v) is 4.45. The number of aromatic nitrogens is 2. The van der Waals surface area contributed by atoms with E-state index in [0.717, 1.165) is 38.4 Å². The van der Waals surface area contributed by atoms with E-state index in [2.05, 4.69) is 32.1 Å². The van der Waals surface area contributed by atoms with E-state index >= 15 is 0 Å². The highest BCUT2D eigenvalue weighted by Crippen LogP contribution is 2.24. The quantitative estimate of drug-likeness (QED) is 0.810. The molecular formula is C17H23FN6. The van der Waals surface area contributed by atoms with Crippen LogP contribution in [0, 0.1) is 5.41 Å². The molecule has 6 nitrogen and oxygen atoms in total. The van der Waals surface area contributed by atoms with Crippen LogP contribution in [0.3, 0.4) is 0 Å². The lowest BCUT2D eigenvalue weighted by atomic mass is 10.1. The summed E-state index contributed by atoms with van der Waals surface area (Å²) < 4.78 is 13.8. The molecule has 0 spiro atoms. The molecule has 1 saturated heterocycles. The van der Waals surface area contributed by atoms with Crippen LogP contribution in [0.25, 0.3) is 0 Å². The van der Waals surface area contributed by atoms with Gasteiger partial charge in [0.25, 0.3) is 0 Å². The van der Waals surface area contributed by atoms with Gasteiger partial charge in [0.1, 0.15) is 23.8 Å². The molecule has 0 amide bonds. The predicted octanol–water partition coefficient (Wildman–Crippen LogP) is 2.21. The first kappa shape index (κ1) is 16.6. The van der Waals surface area contributed by atoms with E-state index in [9.17, 15) is 4.39 Å². The molecule has 2 heterocycles. The maximum absolute atomic E-state index is 13.8. The van der Waals surface area contributed by atoms with Gasteiger partial charge in [0, 0.05) is 50.9 Å². The first-order chi connectivity index (χ1) is 11.7. The van der Waals surface area contributed by atoms with Crippen LogP contribution < -0.4 is 10.2 Å². The van der Waals surface area contributed by atoms with Crippen molar-refractivity contribution in [3.63, 3.8) is 0 Å². The molecule has 7 heteroatoms. The molecule has 3 rings (SSSR count). The lowest BCUT2D eigenvalue weighted by Gasteiger charge is -2.34. The van der Waals surface area contributed by atoms with Gasteiger partial charge in [0.2, 0.25) is 0 Å². The van der Waals surface area contributed by atoms with Crippen molar-refractivity contribution in [3.05, 3.63) is 35.4 Å². The number of hydrogen-bond acceptors (Lipinski definition) is 6. The summed E-state index contributed by atoms with van der Waals surface area (Å²) in [4.78, 5) is 13.1. The van der Waals surface area contributed by atoms with E-state index in [-0.39, 0.29) is 5.83 Å². The lowest BCUT2D eigenvalue weighted by Crippen LogP contribution is -2.45. The van der Waals surface area contributed by atoms with Gasteiger partial charge < -0.3 is 20.5 Å². The van der Waals surface area contributed by atoms with Crippen molar-refractivity contribution in [1.29, 1.82) is 5.41 Å². The second-order valence-corrected chi connectivity index (χ2v) is 6.12. The minimum absolute atomic E-state index is 0.0743. The zero-order chi connectivity index (χ0) is 16.9. The Morgan fingerprint density at radius 1 is 1.29 bits per heavy atom. The summed E-state index contributed by atoms with van der Waals surface area (Å²) in [6.07, 6.45) is 7.79. The summed E-state index contributed by atoms with van der Waals surface area (Å²) in [7, 11) is 2.10. The zero-order valence-electron chi connectivity index (χ0n) is 13.9. The molecular weight excluding hydrogens is 307 g/mol. The summed E-state index contributed by atoms with van der Waals surface area (Å²) in [6.45, 7) is 4.04. The van der Waals surface area contributed by atoms with Crippen LogP contribution >= 0.6 is 0 Å². The first-order valence-electron chi connectivity index (χ1n) is 8.26. The standard InChI is InChI=1S/C17H23FN6/c1-23-6-8-24(9-7-23)17-14(10-19)16(21-12-22-17)20-11-13-4-2-3-5-15(13)18/h2,4,10,12,19H,3,5-9,11H2,1H3,(H,20,21,22). The zero-order valence-corrected chi connectivity index (χ0v) is 13.9. The largest absolute Gasteiger partial charge is 0.365 e. The SMILES string of the molecule is CN1CCN(c2ncnc(NCC3=C(F)CCC=C3)c2C=N)CC1. The molecule has 1 aromatic heterocycles. The minimum Gasteiger partial charge on any atom is -0.365 e. The molecule has 0 unspecified atom stereocenters. The van der Waals surface area contributed by atoms with Gasteiger partial charge >= 0.3 is 0 Å². The van der Waals surface area contributed by atoms with Gasteiger partial charge in [-0.15, -0.1) is 0 Å². The fraction of sp³-hybridized carbons (Fsp3) is 0.471. The maximum Gasteiger partial charge on any atom is 0.143 e. The highest BCUT2D eigenvalue weighted by Gasteiger charge is 2.20. The molecule has 1 aromatic rings. The Morgan fingerprint density at radius 2 is 2.08 bits per heavy atom. The van der Waals surface area contributed by atoms with Crippen molar-refractivity contribution in [2.24, 2.45) is 0 Å². The monoisotopic (exact) mass is 330 g/mol. The summed E-state index contributed by atoms with van der Waals surface area (Å²) in [5.41, 5.74) is 1.31. The number of nitrogens with zero attached hydrogens (tertiary/aromatic N) is 4. The van der Waals surface area contributed by atoms with Crippen LogP contribution in [0.2, 0.25) is 0 Å². The maximum atomic E-state index is 13.8. The van der Waals surface area contributed by atoms with Crippen LogP contribution in [0.5, 0.6) is 0 Å². The molecule has 1 aliphatic carbocycles. The normalized spacial score (nSPS) is 18.8. The van der Waals surface area contributed by atoms with Gasteiger partial charge in [0.15, 0.2) is 0 Å². The van der Waals surface area contributed by atoms with Gasteiger partial charge in [-0.1, -0.05) is 12.2 Å². The number of piperazine rings is 1. The molecule has 0 atom stereocenters. The van der Waals surface area contributed by atoms with Crippen LogP contribution in [0.1, 0.15) is 18.4 Å². The molecule has 0 saturated carbocycles. The number of nitrogens with one attached hydrogen (secondary N) is 2. The topological polar surface area (TPSA) is 68.1 Å². The summed E-state index contributed by atoms with van der Waals surface area (Å²) in [5.74, 6) is 1.27. The number of rotatable bonds is 5. The number of halogens is 1. The van der Waals surface area contributed by atoms with Crippen molar-refractivity contribution in [2.45, 2.75) is 12.8 Å². The fourth-order valence-corrected chi connectivity index (χ4v) is 2.95. The molecule has 1 fully saturated rings. The van der Waals surface area contributed by atoms with Gasteiger partial charge in [-0.25, -0.2) is 14.4 Å². The second-order valence-electron chi connectivity index (χ2n) is 6.12. The van der Waals surface area contributed by atoms with E-state index in [1.165, 1.54) is 12.5 Å². The molecule has 2 N–H and O–H groups in total. The van der Waals surface area contributed by atoms with Gasteiger partial charge in [-0.05, 0) is 13.5 Å². The van der Waals surface area contributed by atoms with Crippen molar-refractivity contribution >= 4 is 17.9 Å². The van der Waals surface area contributed by atoms with E-state index in [4.69, 9.17) is 5.41 Å². The van der Waals surface area contributed by atoms with Gasteiger partial charge in [0.05, 0.1) is 5.56 Å². The Balaban J connectivity index is 1.77. The average molecular weight is 330 g/mol. The Labute approximate surface area is 141 Å². The smallest absolute Gasteiger partial charge is 0.143 e. The van der Waals surface area contributed by atoms with Crippen molar-refractivity contribution < 1.29 is 4.39 Å². The first-order valence-corrected chi connectivity index (χ1v) is 8.26. The molecule has 0 bridgehead atoms. The molecule has 24 heavy (non-hydrogen) atoms. The highest BCUT2D eigenvalue weighted by atomic mass is 19.1. The number of likely N-dealkylation sites (N-methyl/N-ethyl adjacent to an activating group) is 1. The van der Waals surface area contributed by atoms with Crippen LogP contribution in [-0.4, -0.2) is 60.9 Å². The second kappa shape index (κ2) is 7.53. The van der Waals surface area contributed by atoms with Gasteiger partial charge in [-0.2, -0.15) is 0 Å². The van der Waals surface area contributed by atoms with Crippen molar-refractivity contribution in [3.8, 4) is 0 Å². The Kier molecular flexibility index (Phi) is 5.20. The minimum atomic E-state index is -0.0743. The number of allylic oxidation sites excluding steroid dienone is 2.